The molecule has 0 radical (unpaired) electrons. The lowest BCUT2D eigenvalue weighted by molar-refractivity contribution is 0.102. The van der Waals surface area contributed by atoms with Crippen LogP contribution >= 0.6 is 0 Å². The Morgan fingerprint density at radius 1 is 1.12 bits per heavy atom. The Morgan fingerprint density at radius 3 is 2.64 bits per heavy atom. The topological polar surface area (TPSA) is 156 Å². The van der Waals surface area contributed by atoms with Gasteiger partial charge in [0.15, 0.2) is 11.4 Å². The van der Waals surface area contributed by atoms with Crippen LogP contribution in [-0.4, -0.2) is 68.1 Å². The number of methoxy groups -OCH3 is 1. The molecule has 13 heteroatoms. The summed E-state index contributed by atoms with van der Waals surface area (Å²) < 4.78 is 12.9. The monoisotopic (exact) mass is 564 g/mol. The molecule has 0 spiro atoms. The van der Waals surface area contributed by atoms with Crippen molar-refractivity contribution >= 4 is 39.1 Å². The van der Waals surface area contributed by atoms with Gasteiger partial charge in [-0.25, -0.2) is 4.98 Å². The zero-order valence-corrected chi connectivity index (χ0v) is 23.5. The molecular formula is C29H28N10O3. The first-order valence-electron chi connectivity index (χ1n) is 13.4. The fourth-order valence-corrected chi connectivity index (χ4v) is 5.29. The number of rotatable bonds is 6. The lowest BCUT2D eigenvalue weighted by Crippen LogP contribution is -2.54. The van der Waals surface area contributed by atoms with Gasteiger partial charge in [0.25, 0.3) is 5.91 Å². The van der Waals surface area contributed by atoms with Crippen molar-refractivity contribution < 1.29 is 14.3 Å². The number of amides is 1. The second-order valence-corrected chi connectivity index (χ2v) is 10.3. The lowest BCUT2D eigenvalue weighted by atomic mass is 10.0. The minimum atomic E-state index is -0.360. The molecule has 42 heavy (non-hydrogen) atoms. The van der Waals surface area contributed by atoms with Crippen molar-refractivity contribution in [3.63, 3.8) is 0 Å². The van der Waals surface area contributed by atoms with Crippen molar-refractivity contribution in [3.8, 4) is 23.7 Å². The van der Waals surface area contributed by atoms with Crippen LogP contribution in [0.1, 0.15) is 29.9 Å². The van der Waals surface area contributed by atoms with Crippen LogP contribution < -0.4 is 25.0 Å². The van der Waals surface area contributed by atoms with Crippen LogP contribution in [0.25, 0.3) is 21.8 Å². The van der Waals surface area contributed by atoms with E-state index in [-0.39, 0.29) is 23.5 Å². The quantitative estimate of drug-likeness (QED) is 0.311. The van der Waals surface area contributed by atoms with Gasteiger partial charge in [-0.3, -0.25) is 9.48 Å². The highest BCUT2D eigenvalue weighted by atomic mass is 16.5. The van der Waals surface area contributed by atoms with Crippen LogP contribution in [0.5, 0.6) is 17.6 Å². The summed E-state index contributed by atoms with van der Waals surface area (Å²) in [5.41, 5.74) is 3.06. The number of nitrogens with one attached hydrogen (secondary N) is 2. The summed E-state index contributed by atoms with van der Waals surface area (Å²) in [5.74, 6) is 0.196. The number of carbonyl (C=O) groups is 1. The van der Waals surface area contributed by atoms with E-state index >= 15 is 0 Å². The molecule has 1 saturated heterocycles. The number of hydrogen-bond acceptors (Lipinski definition) is 11. The highest BCUT2D eigenvalue weighted by molar-refractivity contribution is 6.14. The molecule has 0 saturated carbocycles. The highest BCUT2D eigenvalue weighted by Gasteiger charge is 2.25. The van der Waals surface area contributed by atoms with Crippen LogP contribution in [-0.2, 0) is 7.05 Å². The smallest absolute Gasteiger partial charge is 0.316 e. The minimum absolute atomic E-state index is 0.172. The number of hydrogen-bond donors (Lipinski definition) is 2. The molecule has 0 bridgehead atoms. The number of aryl methyl sites for hydroxylation is 1. The predicted octanol–water partition coefficient (Wildman–Crippen LogP) is 3.42. The number of piperazine rings is 1. The summed E-state index contributed by atoms with van der Waals surface area (Å²) in [6.07, 6.45) is 3.52. The Bertz CT molecular complexity index is 1840. The van der Waals surface area contributed by atoms with E-state index in [2.05, 4.69) is 54.6 Å². The fourth-order valence-electron chi connectivity index (χ4n) is 5.29. The van der Waals surface area contributed by atoms with Gasteiger partial charge in [0, 0.05) is 78.9 Å². The third kappa shape index (κ3) is 5.23. The number of nitriles is 1. The average molecular weight is 565 g/mol. The Morgan fingerprint density at radius 2 is 1.93 bits per heavy atom. The van der Waals surface area contributed by atoms with Gasteiger partial charge in [-0.05, 0) is 38.1 Å². The second kappa shape index (κ2) is 10.9. The van der Waals surface area contributed by atoms with Crippen LogP contribution in [0.4, 0.5) is 11.4 Å². The Kier molecular flexibility index (Phi) is 6.97. The second-order valence-electron chi connectivity index (χ2n) is 10.3. The molecule has 3 aromatic heterocycles. The standard InChI is InChI=1S/C29H28N10O3/c1-16-13-39(14-17(2)32-16)23-7-6-21(27-22(23)12-31-29(34-27)41-4)28(40)33-20-9-18-15-38(3)37-26(18)24(10-20)42-25-8-5-19(11-30)35-36-25/h5-10,12,15-17,32H,13-14H2,1-4H3,(H,33,40)/t16-,17-/m0/s1. The van der Waals surface area contributed by atoms with Crippen LogP contribution in [0.3, 0.4) is 0 Å². The first-order valence-corrected chi connectivity index (χ1v) is 13.4. The molecule has 0 aliphatic carbocycles. The van der Waals surface area contributed by atoms with E-state index in [9.17, 15) is 4.79 Å². The van der Waals surface area contributed by atoms with Gasteiger partial charge < -0.3 is 25.0 Å². The molecule has 1 aliphatic rings. The SMILES string of the molecule is COc1ncc2c(N3C[C@H](C)N[C@@H](C)C3)ccc(C(=O)Nc3cc(Oc4ccc(C#N)nn4)c4nn(C)cc4c3)c2n1. The van der Waals surface area contributed by atoms with E-state index in [1.807, 2.05) is 24.4 Å². The molecule has 1 amide bonds. The molecule has 4 heterocycles. The van der Waals surface area contributed by atoms with Crippen LogP contribution in [0.2, 0.25) is 0 Å². The number of fused-ring (bicyclic) bond motifs is 2. The number of ether oxygens (including phenoxy) is 2. The molecular weight excluding hydrogens is 536 g/mol. The molecule has 13 nitrogen and oxygen atoms in total. The summed E-state index contributed by atoms with van der Waals surface area (Å²) in [4.78, 5) is 25.0. The van der Waals surface area contributed by atoms with Crippen molar-refractivity contribution in [2.24, 2.45) is 7.05 Å². The van der Waals surface area contributed by atoms with Crippen LogP contribution in [0, 0.1) is 11.3 Å². The summed E-state index contributed by atoms with van der Waals surface area (Å²) >= 11 is 0. The number of nitrogens with zero attached hydrogens (tertiary/aromatic N) is 8. The summed E-state index contributed by atoms with van der Waals surface area (Å²) in [7, 11) is 3.29. The summed E-state index contributed by atoms with van der Waals surface area (Å²) in [6.45, 7) is 5.93. The van der Waals surface area contributed by atoms with Crippen molar-refractivity contribution in [2.75, 3.05) is 30.4 Å². The number of carbonyl (C=O) groups excluding carboxylic acids is 1. The Labute approximate surface area is 241 Å². The first kappa shape index (κ1) is 26.9. The van der Waals surface area contributed by atoms with Crippen molar-refractivity contribution in [2.45, 2.75) is 25.9 Å². The Hall–Kier alpha value is -5.35. The van der Waals surface area contributed by atoms with Gasteiger partial charge in [-0.1, -0.05) is 0 Å². The molecule has 2 atom stereocenters. The largest absolute Gasteiger partial charge is 0.467 e. The van der Waals surface area contributed by atoms with E-state index in [4.69, 9.17) is 14.7 Å². The van der Waals surface area contributed by atoms with Gasteiger partial charge in [0.2, 0.25) is 5.88 Å². The number of aromatic nitrogens is 6. The van der Waals surface area contributed by atoms with Gasteiger partial charge in [-0.15, -0.1) is 10.2 Å². The molecule has 0 unspecified atom stereocenters. The Balaban J connectivity index is 1.36. The van der Waals surface area contributed by atoms with E-state index in [0.29, 0.717) is 40.1 Å². The van der Waals surface area contributed by atoms with Crippen molar-refractivity contribution in [1.82, 2.24) is 35.3 Å². The van der Waals surface area contributed by atoms with Crippen molar-refractivity contribution in [3.05, 3.63) is 60.0 Å². The van der Waals surface area contributed by atoms with Gasteiger partial charge in [-0.2, -0.15) is 15.3 Å². The van der Waals surface area contributed by atoms with E-state index in [1.54, 1.807) is 36.1 Å². The zero-order chi connectivity index (χ0) is 29.4. The molecule has 2 aromatic carbocycles. The lowest BCUT2D eigenvalue weighted by Gasteiger charge is -2.38. The third-order valence-corrected chi connectivity index (χ3v) is 6.95. The summed E-state index contributed by atoms with van der Waals surface area (Å²) in [5, 5.41) is 29.3. The maximum Gasteiger partial charge on any atom is 0.316 e. The third-order valence-electron chi connectivity index (χ3n) is 6.95. The molecule has 1 aliphatic heterocycles. The fraction of sp³-hybridized carbons (Fsp3) is 0.276. The normalized spacial score (nSPS) is 16.8. The number of anilines is 2. The highest BCUT2D eigenvalue weighted by Crippen LogP contribution is 2.34. The van der Waals surface area contributed by atoms with E-state index in [1.165, 1.54) is 13.2 Å². The molecule has 5 aromatic rings. The number of benzene rings is 2. The first-order chi connectivity index (χ1) is 20.3. The van der Waals surface area contributed by atoms with Crippen molar-refractivity contribution in [1.29, 1.82) is 5.26 Å². The van der Waals surface area contributed by atoms with E-state index < -0.39 is 0 Å². The molecule has 1 fully saturated rings. The van der Waals surface area contributed by atoms with Gasteiger partial charge in [0.05, 0.1) is 18.2 Å². The van der Waals surface area contributed by atoms with Gasteiger partial charge in [0.1, 0.15) is 11.6 Å². The van der Waals surface area contributed by atoms with Crippen LogP contribution in [0.15, 0.2) is 48.8 Å². The molecule has 212 valence electrons. The summed E-state index contributed by atoms with van der Waals surface area (Å²) in [6, 6.07) is 13.0. The van der Waals surface area contributed by atoms with Gasteiger partial charge >= 0.3 is 6.01 Å². The average Bonchev–Trinajstić information content (AvgIpc) is 3.36. The maximum absolute atomic E-state index is 13.8. The molecule has 6 rings (SSSR count). The van der Waals surface area contributed by atoms with E-state index in [0.717, 1.165) is 29.5 Å². The maximum atomic E-state index is 13.8. The zero-order valence-electron chi connectivity index (χ0n) is 23.5. The predicted molar refractivity (Wildman–Crippen MR) is 156 cm³/mol. The molecule has 2 N–H and O–H groups in total. The minimum Gasteiger partial charge on any atom is -0.467 e.